The van der Waals surface area contributed by atoms with E-state index in [2.05, 4.69) is 43.8 Å². The van der Waals surface area contributed by atoms with Gasteiger partial charge in [-0.25, -0.2) is 14.8 Å². The maximum atomic E-state index is 13.8. The molecule has 1 aliphatic rings. The minimum Gasteiger partial charge on any atom is -0.497 e. The lowest BCUT2D eigenvalue weighted by atomic mass is 9.80. The Balaban J connectivity index is 1.20. The zero-order valence-electron chi connectivity index (χ0n) is 35.7. The molecule has 0 saturated carbocycles. The molecule has 7 rings (SSSR count). The molecule has 2 aromatic heterocycles. The summed E-state index contributed by atoms with van der Waals surface area (Å²) in [5.74, 6) is 0.964. The van der Waals surface area contributed by atoms with Crippen LogP contribution in [0.15, 0.2) is 127 Å². The molecule has 0 amide bonds. The average molecular weight is 847 g/mol. The number of hydrogen-bond acceptors (Lipinski definition) is 11. The van der Waals surface area contributed by atoms with Crippen LogP contribution in [0.25, 0.3) is 11.2 Å². The summed E-state index contributed by atoms with van der Waals surface area (Å²) < 4.78 is 40.5. The number of aryl methyl sites for hydroxylation is 1. The minimum atomic E-state index is -2.53. The second-order valence-electron chi connectivity index (χ2n) is 16.6. The van der Waals surface area contributed by atoms with Gasteiger partial charge in [0.2, 0.25) is 0 Å². The predicted molar refractivity (Wildman–Crippen MR) is 233 cm³/mol. The van der Waals surface area contributed by atoms with Gasteiger partial charge in [0.15, 0.2) is 25.7 Å². The first-order chi connectivity index (χ1) is 29.3. The number of imidazole rings is 1. The third-order valence-electron chi connectivity index (χ3n) is 11.8. The van der Waals surface area contributed by atoms with Gasteiger partial charge in [-0.2, -0.15) is 0 Å². The van der Waals surface area contributed by atoms with Gasteiger partial charge in [0.25, 0.3) is 5.56 Å². The molecule has 0 spiro atoms. The van der Waals surface area contributed by atoms with E-state index in [0.717, 1.165) is 16.7 Å². The maximum absolute atomic E-state index is 13.8. The Bertz CT molecular complexity index is 2400. The van der Waals surface area contributed by atoms with Crippen LogP contribution in [0.3, 0.4) is 0 Å². The number of rotatable bonds is 16. The van der Waals surface area contributed by atoms with Gasteiger partial charge in [-0.15, -0.1) is 0 Å². The van der Waals surface area contributed by atoms with Crippen molar-refractivity contribution in [1.82, 2.24) is 19.1 Å². The van der Waals surface area contributed by atoms with Crippen LogP contribution in [-0.2, 0) is 30.8 Å². The van der Waals surface area contributed by atoms with E-state index < -0.39 is 44.4 Å². The van der Waals surface area contributed by atoms with Crippen molar-refractivity contribution < 1.29 is 38.0 Å². The van der Waals surface area contributed by atoms with E-state index in [0.29, 0.717) is 23.5 Å². The molecule has 320 valence electrons. The number of hydrogen-bond donors (Lipinski definition) is 1. The van der Waals surface area contributed by atoms with Crippen LogP contribution >= 0.6 is 0 Å². The number of aromatic nitrogens is 4. The van der Waals surface area contributed by atoms with Crippen molar-refractivity contribution in [3.63, 3.8) is 0 Å². The molecule has 0 aliphatic carbocycles. The molecule has 61 heavy (non-hydrogen) atoms. The fourth-order valence-corrected chi connectivity index (χ4v) is 8.64. The number of nitrogens with zero attached hydrogens (tertiary/aromatic N) is 4. The monoisotopic (exact) mass is 846 g/mol. The third kappa shape index (κ3) is 8.90. The molecule has 1 aliphatic heterocycles. The van der Waals surface area contributed by atoms with E-state index in [1.165, 1.54) is 17.2 Å². The van der Waals surface area contributed by atoms with Crippen LogP contribution in [0.2, 0.25) is 18.1 Å². The summed E-state index contributed by atoms with van der Waals surface area (Å²) in [5.41, 5.74) is 1.89. The number of carbonyl (C=O) groups excluding carboxylic acids is 1. The Morgan fingerprint density at radius 1 is 0.803 bits per heavy atom. The number of aliphatic hydroxyl groups excluding tert-OH is 1. The summed E-state index contributed by atoms with van der Waals surface area (Å²) in [6.07, 6.45) is -0.427. The quantitative estimate of drug-likeness (QED) is 0.0447. The highest BCUT2D eigenvalue weighted by atomic mass is 28.4. The van der Waals surface area contributed by atoms with E-state index in [9.17, 15) is 14.7 Å². The fraction of sp³-hybridized carbons (Fsp3) is 0.362. The molecule has 4 atom stereocenters. The zero-order chi connectivity index (χ0) is 43.4. The molecule has 0 bridgehead atoms. The van der Waals surface area contributed by atoms with Crippen LogP contribution in [0.4, 0.5) is 0 Å². The molecular formula is C47H54N4O9Si. The maximum Gasteiger partial charge on any atom is 0.338 e. The van der Waals surface area contributed by atoms with Crippen LogP contribution in [0.5, 0.6) is 11.5 Å². The van der Waals surface area contributed by atoms with Crippen molar-refractivity contribution in [3.8, 4) is 11.5 Å². The average Bonchev–Trinajstić information content (AvgIpc) is 3.84. The fourth-order valence-electron chi connectivity index (χ4n) is 7.35. The minimum absolute atomic E-state index is 0.0519. The molecule has 3 heterocycles. The molecule has 1 saturated heterocycles. The molecule has 0 unspecified atom stereocenters. The first kappa shape index (κ1) is 43.4. The normalized spacial score (nSPS) is 18.3. The van der Waals surface area contributed by atoms with Gasteiger partial charge < -0.3 is 33.2 Å². The highest BCUT2D eigenvalue weighted by Crippen LogP contribution is 2.45. The number of esters is 1. The predicted octanol–water partition coefficient (Wildman–Crippen LogP) is 7.51. The van der Waals surface area contributed by atoms with Crippen LogP contribution in [0.1, 0.15) is 60.5 Å². The van der Waals surface area contributed by atoms with Crippen molar-refractivity contribution in [2.45, 2.75) is 82.0 Å². The highest BCUT2D eigenvalue weighted by molar-refractivity contribution is 6.74. The van der Waals surface area contributed by atoms with Crippen molar-refractivity contribution in [2.75, 3.05) is 27.4 Å². The van der Waals surface area contributed by atoms with Gasteiger partial charge in [-0.1, -0.05) is 93.6 Å². The van der Waals surface area contributed by atoms with Gasteiger partial charge in [-0.3, -0.25) is 13.9 Å². The largest absolute Gasteiger partial charge is 0.497 e. The lowest BCUT2D eigenvalue weighted by Gasteiger charge is -2.40. The van der Waals surface area contributed by atoms with Crippen LogP contribution in [0, 0.1) is 0 Å². The second kappa shape index (κ2) is 18.1. The van der Waals surface area contributed by atoms with E-state index in [1.807, 2.05) is 84.9 Å². The summed E-state index contributed by atoms with van der Waals surface area (Å²) in [5, 5.41) is 12.1. The molecule has 1 N–H and O–H groups in total. The van der Waals surface area contributed by atoms with Gasteiger partial charge in [0.05, 0.1) is 39.3 Å². The number of carbonyl (C=O) groups is 1. The van der Waals surface area contributed by atoms with Gasteiger partial charge in [0.1, 0.15) is 41.7 Å². The molecule has 0 radical (unpaired) electrons. The Morgan fingerprint density at radius 3 is 1.95 bits per heavy atom. The molecule has 1 fully saturated rings. The molecule has 13 nitrogen and oxygen atoms in total. The first-order valence-corrected chi connectivity index (χ1v) is 23.3. The summed E-state index contributed by atoms with van der Waals surface area (Å²) in [6.45, 7) is 11.0. The van der Waals surface area contributed by atoms with E-state index in [4.69, 9.17) is 28.1 Å². The Hall–Kier alpha value is -5.64. The van der Waals surface area contributed by atoms with E-state index in [-0.39, 0.29) is 41.5 Å². The lowest BCUT2D eigenvalue weighted by molar-refractivity contribution is -0.0940. The number of ether oxygens (including phenoxy) is 5. The van der Waals surface area contributed by atoms with E-state index >= 15 is 0 Å². The van der Waals surface area contributed by atoms with Crippen LogP contribution < -0.4 is 15.0 Å². The standard InChI is InChI=1S/C47H54N4O9Si/c1-46(2,3)61(6,7)60-41-40(52)38(29-58-47(33-17-12-9-13-18-33,34-19-23-36(55-4)24-20-34)35-21-25-37(56-5)26-22-35)59-44(41)51-31-48-39-42(51)49-30-50(43(39)53)27-14-28-57-45(54)32-15-10-8-11-16-32/h8-13,15-26,30-31,38,40-41,44,52H,14,27-29H2,1-7H3/t38-,40-,41-,44-/m1/s1. The Morgan fingerprint density at radius 2 is 1.38 bits per heavy atom. The molecule has 6 aromatic rings. The Kier molecular flexibility index (Phi) is 12.9. The molecule has 4 aromatic carbocycles. The van der Waals surface area contributed by atoms with Crippen molar-refractivity contribution >= 4 is 25.5 Å². The SMILES string of the molecule is COc1ccc(C(OC[C@H]2O[C@@H](n3cnc4c(=O)n(CCCOC(=O)c5ccccc5)cnc43)[C@H](O[Si](C)(C)C(C)(C)C)[C@@H]2O)(c2ccccc2)c2ccc(OC)cc2)cc1. The summed E-state index contributed by atoms with van der Waals surface area (Å²) in [7, 11) is 0.723. The smallest absolute Gasteiger partial charge is 0.338 e. The first-order valence-electron chi connectivity index (χ1n) is 20.4. The summed E-state index contributed by atoms with van der Waals surface area (Å²) in [6, 6.07) is 34.1. The van der Waals surface area contributed by atoms with Crippen molar-refractivity contribution in [1.29, 1.82) is 0 Å². The van der Waals surface area contributed by atoms with Gasteiger partial charge >= 0.3 is 5.97 Å². The zero-order valence-corrected chi connectivity index (χ0v) is 36.7. The lowest BCUT2D eigenvalue weighted by Crippen LogP contribution is -2.49. The summed E-state index contributed by atoms with van der Waals surface area (Å²) >= 11 is 0. The van der Waals surface area contributed by atoms with E-state index in [1.54, 1.807) is 43.1 Å². The molecule has 14 heteroatoms. The van der Waals surface area contributed by atoms with Gasteiger partial charge in [-0.05, 0) is 77.6 Å². The number of aliphatic hydroxyl groups is 1. The number of benzene rings is 4. The number of fused-ring (bicyclic) bond motifs is 1. The second-order valence-corrected chi connectivity index (χ2v) is 21.4. The van der Waals surface area contributed by atoms with Gasteiger partial charge in [0, 0.05) is 6.54 Å². The van der Waals surface area contributed by atoms with Crippen LogP contribution in [-0.4, -0.2) is 84.2 Å². The van der Waals surface area contributed by atoms with Crippen molar-refractivity contribution in [2.24, 2.45) is 0 Å². The summed E-state index contributed by atoms with van der Waals surface area (Å²) in [4.78, 5) is 35.3. The number of methoxy groups -OCH3 is 2. The third-order valence-corrected chi connectivity index (χ3v) is 16.3. The Labute approximate surface area is 356 Å². The van der Waals surface area contributed by atoms with Crippen molar-refractivity contribution in [3.05, 3.63) is 154 Å². The highest BCUT2D eigenvalue weighted by Gasteiger charge is 2.52. The topological polar surface area (TPSA) is 145 Å². The molecular weight excluding hydrogens is 793 g/mol.